The third kappa shape index (κ3) is 3.56. The molecule has 0 aliphatic heterocycles. The number of aromatic nitrogens is 2. The summed E-state index contributed by atoms with van der Waals surface area (Å²) in [4.78, 5) is 31.0. The number of halogens is 1. The summed E-state index contributed by atoms with van der Waals surface area (Å²) in [6, 6.07) is 2.89. The summed E-state index contributed by atoms with van der Waals surface area (Å²) in [6.07, 6.45) is 3.21. The molecule has 2 rings (SSSR count). The normalized spacial score (nSPS) is 10.2. The Labute approximate surface area is 119 Å². The van der Waals surface area contributed by atoms with Crippen LogP contribution in [0.4, 0.5) is 14.9 Å². The number of benzene rings is 1. The first kappa shape index (κ1) is 14.5. The molecule has 0 fully saturated rings. The van der Waals surface area contributed by atoms with Crippen LogP contribution in [0.25, 0.3) is 0 Å². The van der Waals surface area contributed by atoms with Gasteiger partial charge in [0.05, 0.1) is 12.1 Å². The molecule has 2 amide bonds. The minimum atomic E-state index is -1.40. The van der Waals surface area contributed by atoms with Gasteiger partial charge in [0.15, 0.2) is 0 Å². The zero-order valence-electron chi connectivity index (χ0n) is 11.1. The molecule has 110 valence electrons. The Morgan fingerprint density at radius 1 is 1.48 bits per heavy atom. The highest BCUT2D eigenvalue weighted by Crippen LogP contribution is 2.15. The molecule has 1 aromatic carbocycles. The smallest absolute Gasteiger partial charge is 0.338 e. The van der Waals surface area contributed by atoms with Gasteiger partial charge >= 0.3 is 12.0 Å². The monoisotopic (exact) mass is 292 g/mol. The van der Waals surface area contributed by atoms with Crippen LogP contribution in [-0.2, 0) is 6.54 Å². The number of hydrogen-bond acceptors (Lipinski definition) is 3. The lowest BCUT2D eigenvalue weighted by molar-refractivity contribution is 0.0692. The molecule has 3 N–H and O–H groups in total. The number of aromatic carboxylic acids is 1. The number of rotatable bonds is 4. The highest BCUT2D eigenvalue weighted by atomic mass is 19.1. The molecule has 7 nitrogen and oxygen atoms in total. The molecule has 0 radical (unpaired) electrons. The average molecular weight is 292 g/mol. The standard InChI is InChI=1S/C13H13FN4O3/c1-18(7-11-15-4-5-16-11)13(21)17-8-2-3-10(14)9(6-8)12(19)20/h2-6H,7H2,1H3,(H,15,16)(H,17,21)(H,19,20). The fourth-order valence-corrected chi connectivity index (χ4v) is 1.67. The molecule has 8 heteroatoms. The number of carbonyl (C=O) groups is 2. The molecule has 0 spiro atoms. The molecule has 2 aromatic rings. The molecule has 0 aliphatic carbocycles. The maximum atomic E-state index is 13.3. The van der Waals surface area contributed by atoms with E-state index >= 15 is 0 Å². The van der Waals surface area contributed by atoms with E-state index in [0.717, 1.165) is 12.1 Å². The van der Waals surface area contributed by atoms with E-state index in [4.69, 9.17) is 5.11 Å². The Bertz CT molecular complexity index is 657. The third-order valence-electron chi connectivity index (χ3n) is 2.74. The Kier molecular flexibility index (Phi) is 4.17. The lowest BCUT2D eigenvalue weighted by Gasteiger charge is -2.17. The van der Waals surface area contributed by atoms with Gasteiger partial charge in [0.2, 0.25) is 0 Å². The van der Waals surface area contributed by atoms with E-state index in [2.05, 4.69) is 15.3 Å². The lowest BCUT2D eigenvalue weighted by atomic mass is 10.2. The largest absolute Gasteiger partial charge is 0.478 e. The molecule has 21 heavy (non-hydrogen) atoms. The number of urea groups is 1. The topological polar surface area (TPSA) is 98.3 Å². The number of aromatic amines is 1. The van der Waals surface area contributed by atoms with Gasteiger partial charge in [0.1, 0.15) is 11.6 Å². The van der Waals surface area contributed by atoms with Crippen LogP contribution in [0.2, 0.25) is 0 Å². The van der Waals surface area contributed by atoms with Crippen LogP contribution in [-0.4, -0.2) is 39.0 Å². The van der Waals surface area contributed by atoms with Crippen LogP contribution in [0.1, 0.15) is 16.2 Å². The molecular formula is C13H13FN4O3. The van der Waals surface area contributed by atoms with Crippen LogP contribution >= 0.6 is 0 Å². The fraction of sp³-hybridized carbons (Fsp3) is 0.154. The molecule has 0 saturated heterocycles. The van der Waals surface area contributed by atoms with E-state index in [1.807, 2.05) is 0 Å². The summed E-state index contributed by atoms with van der Waals surface area (Å²) in [6.45, 7) is 0.256. The van der Waals surface area contributed by atoms with Crippen molar-refractivity contribution in [3.8, 4) is 0 Å². The molecule has 1 aromatic heterocycles. The number of nitrogens with one attached hydrogen (secondary N) is 2. The fourth-order valence-electron chi connectivity index (χ4n) is 1.67. The minimum Gasteiger partial charge on any atom is -0.478 e. The molecule has 0 bridgehead atoms. The molecule has 0 unspecified atom stereocenters. The summed E-state index contributed by atoms with van der Waals surface area (Å²) in [7, 11) is 1.56. The summed E-state index contributed by atoms with van der Waals surface area (Å²) >= 11 is 0. The summed E-state index contributed by atoms with van der Waals surface area (Å²) < 4.78 is 13.3. The van der Waals surface area contributed by atoms with Gasteiger partial charge in [0, 0.05) is 25.1 Å². The van der Waals surface area contributed by atoms with E-state index in [9.17, 15) is 14.0 Å². The summed E-state index contributed by atoms with van der Waals surface area (Å²) in [5.41, 5.74) is -0.299. The van der Waals surface area contributed by atoms with Gasteiger partial charge in [-0.25, -0.2) is 19.0 Å². The second-order valence-corrected chi connectivity index (χ2v) is 4.32. The highest BCUT2D eigenvalue weighted by Gasteiger charge is 2.14. The first-order valence-electron chi connectivity index (χ1n) is 6.00. The maximum Gasteiger partial charge on any atom is 0.338 e. The van der Waals surface area contributed by atoms with Crippen molar-refractivity contribution in [3.63, 3.8) is 0 Å². The number of hydrogen-bond donors (Lipinski definition) is 3. The van der Waals surface area contributed by atoms with Crippen molar-refractivity contribution in [3.05, 3.63) is 47.8 Å². The highest BCUT2D eigenvalue weighted by molar-refractivity contribution is 5.93. The molecule has 1 heterocycles. The number of nitrogens with zero attached hydrogens (tertiary/aromatic N) is 2. The van der Waals surface area contributed by atoms with E-state index in [1.54, 1.807) is 19.4 Å². The van der Waals surface area contributed by atoms with Gasteiger partial charge in [0.25, 0.3) is 0 Å². The van der Waals surface area contributed by atoms with Crippen molar-refractivity contribution in [2.75, 3.05) is 12.4 Å². The van der Waals surface area contributed by atoms with Gasteiger partial charge in [-0.15, -0.1) is 0 Å². The van der Waals surface area contributed by atoms with Gasteiger partial charge in [-0.05, 0) is 18.2 Å². The van der Waals surface area contributed by atoms with Crippen LogP contribution in [0.5, 0.6) is 0 Å². The predicted molar refractivity (Wildman–Crippen MR) is 72.4 cm³/mol. The van der Waals surface area contributed by atoms with Gasteiger partial charge in [-0.2, -0.15) is 0 Å². The van der Waals surface area contributed by atoms with Crippen LogP contribution < -0.4 is 5.32 Å². The molecule has 0 atom stereocenters. The first-order valence-corrected chi connectivity index (χ1v) is 6.00. The third-order valence-corrected chi connectivity index (χ3v) is 2.74. The van der Waals surface area contributed by atoms with E-state index in [0.29, 0.717) is 5.82 Å². The molecular weight excluding hydrogens is 279 g/mol. The minimum absolute atomic E-state index is 0.199. The summed E-state index contributed by atoms with van der Waals surface area (Å²) in [5.74, 6) is -1.64. The number of H-pyrrole nitrogens is 1. The van der Waals surface area contributed by atoms with Crippen molar-refractivity contribution < 1.29 is 19.1 Å². The quantitative estimate of drug-likeness (QED) is 0.801. The average Bonchev–Trinajstić information content (AvgIpc) is 2.93. The van der Waals surface area contributed by atoms with Crippen molar-refractivity contribution >= 4 is 17.7 Å². The Morgan fingerprint density at radius 3 is 2.86 bits per heavy atom. The number of carboxylic acids is 1. The SMILES string of the molecule is CN(Cc1ncc[nH]1)C(=O)Nc1ccc(F)c(C(=O)O)c1. The van der Waals surface area contributed by atoms with Gasteiger partial charge in [-0.1, -0.05) is 0 Å². The number of amides is 2. The van der Waals surface area contributed by atoms with Crippen molar-refractivity contribution in [1.82, 2.24) is 14.9 Å². The van der Waals surface area contributed by atoms with Crippen molar-refractivity contribution in [2.24, 2.45) is 0 Å². The number of imidazole rings is 1. The Morgan fingerprint density at radius 2 is 2.24 bits per heavy atom. The number of anilines is 1. The van der Waals surface area contributed by atoms with E-state index < -0.39 is 23.4 Å². The first-order chi connectivity index (χ1) is 9.97. The summed E-state index contributed by atoms with van der Waals surface area (Å²) in [5, 5.41) is 11.3. The second kappa shape index (κ2) is 6.04. The van der Waals surface area contributed by atoms with Crippen molar-refractivity contribution in [1.29, 1.82) is 0 Å². The molecule has 0 saturated carbocycles. The second-order valence-electron chi connectivity index (χ2n) is 4.32. The van der Waals surface area contributed by atoms with Crippen LogP contribution in [0.15, 0.2) is 30.6 Å². The van der Waals surface area contributed by atoms with Crippen LogP contribution in [0.3, 0.4) is 0 Å². The van der Waals surface area contributed by atoms with Crippen molar-refractivity contribution in [2.45, 2.75) is 6.54 Å². The van der Waals surface area contributed by atoms with E-state index in [-0.39, 0.29) is 12.2 Å². The lowest BCUT2D eigenvalue weighted by Crippen LogP contribution is -2.31. The molecule has 0 aliphatic rings. The Balaban J connectivity index is 2.05. The van der Waals surface area contributed by atoms with Gasteiger partial charge < -0.3 is 20.3 Å². The zero-order chi connectivity index (χ0) is 15.4. The number of carboxylic acid groups (broad SMARTS) is 1. The number of carbonyl (C=O) groups excluding carboxylic acids is 1. The van der Waals surface area contributed by atoms with Crippen LogP contribution in [0, 0.1) is 5.82 Å². The van der Waals surface area contributed by atoms with E-state index in [1.165, 1.54) is 11.0 Å². The Hall–Kier alpha value is -2.90. The predicted octanol–water partition coefficient (Wildman–Crippen LogP) is 1.91. The van der Waals surface area contributed by atoms with Gasteiger partial charge in [-0.3, -0.25) is 0 Å². The zero-order valence-corrected chi connectivity index (χ0v) is 11.1. The maximum absolute atomic E-state index is 13.3.